The first-order valence-electron chi connectivity index (χ1n) is 7.67. The van der Waals surface area contributed by atoms with Crippen LogP contribution in [0.1, 0.15) is 39.5 Å². The molecule has 2 unspecified atom stereocenters. The van der Waals surface area contributed by atoms with Gasteiger partial charge in [-0.15, -0.1) is 0 Å². The van der Waals surface area contributed by atoms with Crippen LogP contribution in [0.2, 0.25) is 0 Å². The number of aromatic nitrogens is 2. The third-order valence-electron chi connectivity index (χ3n) is 3.90. The molecule has 0 bridgehead atoms. The molecule has 1 aliphatic carbocycles. The summed E-state index contributed by atoms with van der Waals surface area (Å²) in [6.45, 7) is 5.26. The van der Waals surface area contributed by atoms with E-state index in [0.29, 0.717) is 11.9 Å². The zero-order valence-electron chi connectivity index (χ0n) is 13.1. The summed E-state index contributed by atoms with van der Waals surface area (Å²) in [4.78, 5) is 16.7. The van der Waals surface area contributed by atoms with Crippen LogP contribution in [0.5, 0.6) is 0 Å². The molecule has 0 saturated heterocycles. The highest BCUT2D eigenvalue weighted by Gasteiger charge is 2.46. The number of esters is 1. The number of imidazole rings is 1. The predicted octanol–water partition coefficient (Wildman–Crippen LogP) is 2.37. The monoisotopic (exact) mass is 311 g/mol. The highest BCUT2D eigenvalue weighted by Crippen LogP contribution is 2.40. The zero-order chi connectivity index (χ0) is 15.3. The van der Waals surface area contributed by atoms with Crippen LogP contribution in [0.4, 0.5) is 0 Å². The first-order chi connectivity index (χ1) is 10.1. The summed E-state index contributed by atoms with van der Waals surface area (Å²) in [5, 5.41) is 4.85. The van der Waals surface area contributed by atoms with Gasteiger partial charge in [-0.05, 0) is 39.2 Å². The molecule has 2 atom stereocenters. The Morgan fingerprint density at radius 2 is 2.43 bits per heavy atom. The quantitative estimate of drug-likeness (QED) is 0.784. The van der Waals surface area contributed by atoms with Gasteiger partial charge in [0.1, 0.15) is 5.54 Å². The van der Waals surface area contributed by atoms with E-state index in [4.69, 9.17) is 4.74 Å². The minimum absolute atomic E-state index is 0.0959. The van der Waals surface area contributed by atoms with Crippen molar-refractivity contribution < 1.29 is 9.53 Å². The van der Waals surface area contributed by atoms with Gasteiger partial charge in [-0.2, -0.15) is 0 Å². The molecule has 5 nitrogen and oxygen atoms in total. The molecular formula is C15H25N3O2S. The Labute approximate surface area is 130 Å². The summed E-state index contributed by atoms with van der Waals surface area (Å²) in [6.07, 6.45) is 7.43. The van der Waals surface area contributed by atoms with E-state index in [9.17, 15) is 4.79 Å². The number of aryl methyl sites for hydroxylation is 1. The minimum atomic E-state index is -0.505. The number of thioether (sulfide) groups is 1. The summed E-state index contributed by atoms with van der Waals surface area (Å²) in [6, 6.07) is 0. The van der Waals surface area contributed by atoms with E-state index in [2.05, 4.69) is 17.2 Å². The molecule has 0 aromatic carbocycles. The molecule has 118 valence electrons. The molecule has 0 aliphatic heterocycles. The van der Waals surface area contributed by atoms with Gasteiger partial charge in [-0.25, -0.2) is 4.98 Å². The van der Waals surface area contributed by atoms with Crippen molar-refractivity contribution in [1.29, 1.82) is 0 Å². The van der Waals surface area contributed by atoms with Crippen molar-refractivity contribution in [2.24, 2.45) is 7.05 Å². The number of hydrogen-bond acceptors (Lipinski definition) is 5. The molecule has 21 heavy (non-hydrogen) atoms. The lowest BCUT2D eigenvalue weighted by Crippen LogP contribution is -2.51. The van der Waals surface area contributed by atoms with Gasteiger partial charge in [-0.1, -0.05) is 18.7 Å². The van der Waals surface area contributed by atoms with Crippen LogP contribution in [0.25, 0.3) is 0 Å². The molecule has 6 heteroatoms. The molecule has 1 heterocycles. The fourth-order valence-corrected chi connectivity index (χ4v) is 4.02. The van der Waals surface area contributed by atoms with Crippen molar-refractivity contribution in [1.82, 2.24) is 14.9 Å². The average Bonchev–Trinajstić information content (AvgIpc) is 3.06. The molecule has 1 aromatic rings. The number of rotatable bonds is 7. The second-order valence-corrected chi connectivity index (χ2v) is 6.80. The van der Waals surface area contributed by atoms with E-state index in [1.54, 1.807) is 11.8 Å². The maximum Gasteiger partial charge on any atom is 0.326 e. The molecule has 0 amide bonds. The summed E-state index contributed by atoms with van der Waals surface area (Å²) in [7, 11) is 2.00. The van der Waals surface area contributed by atoms with Gasteiger partial charge >= 0.3 is 5.97 Å². The summed E-state index contributed by atoms with van der Waals surface area (Å²) >= 11 is 1.76. The van der Waals surface area contributed by atoms with Gasteiger partial charge in [-0.3, -0.25) is 4.79 Å². The van der Waals surface area contributed by atoms with Gasteiger partial charge in [0.15, 0.2) is 5.16 Å². The molecule has 1 aromatic heterocycles. The number of nitrogens with one attached hydrogen (secondary N) is 1. The Balaban J connectivity index is 2.03. The van der Waals surface area contributed by atoms with Crippen LogP contribution in [0, 0.1) is 0 Å². The van der Waals surface area contributed by atoms with Crippen LogP contribution in [0.15, 0.2) is 17.6 Å². The summed E-state index contributed by atoms with van der Waals surface area (Å²) in [5.74, 6) is -0.0959. The second kappa shape index (κ2) is 7.31. The van der Waals surface area contributed by atoms with Gasteiger partial charge in [0.25, 0.3) is 0 Å². The van der Waals surface area contributed by atoms with Crippen molar-refractivity contribution in [3.05, 3.63) is 12.4 Å². The lowest BCUT2D eigenvalue weighted by Gasteiger charge is -2.28. The Bertz CT molecular complexity index is 477. The number of nitrogens with zero attached hydrogens (tertiary/aromatic N) is 2. The standard InChI is InChI=1S/C15H25N3O2S/c1-4-8-17-15(13(19)20-5-2)7-6-12(11-15)21-14-16-9-10-18(14)3/h9-10,12,17H,4-8,11H2,1-3H3. The van der Waals surface area contributed by atoms with Crippen LogP contribution in [-0.2, 0) is 16.6 Å². The van der Waals surface area contributed by atoms with Gasteiger partial charge in [0.05, 0.1) is 6.61 Å². The van der Waals surface area contributed by atoms with Crippen molar-refractivity contribution in [3.63, 3.8) is 0 Å². The van der Waals surface area contributed by atoms with Crippen LogP contribution in [-0.4, -0.2) is 39.5 Å². The SMILES string of the molecule is CCCNC1(C(=O)OCC)CCC(Sc2nccn2C)C1. The van der Waals surface area contributed by atoms with E-state index >= 15 is 0 Å². The van der Waals surface area contributed by atoms with Crippen LogP contribution >= 0.6 is 11.8 Å². The molecule has 0 spiro atoms. The lowest BCUT2D eigenvalue weighted by molar-refractivity contribution is -0.151. The van der Waals surface area contributed by atoms with Crippen molar-refractivity contribution in [2.45, 2.75) is 55.5 Å². The fraction of sp³-hybridized carbons (Fsp3) is 0.733. The number of ether oxygens (including phenoxy) is 1. The van der Waals surface area contributed by atoms with Crippen LogP contribution < -0.4 is 5.32 Å². The number of hydrogen-bond donors (Lipinski definition) is 1. The van der Waals surface area contributed by atoms with Crippen molar-refractivity contribution in [2.75, 3.05) is 13.2 Å². The van der Waals surface area contributed by atoms with E-state index in [1.807, 2.05) is 30.9 Å². The Morgan fingerprint density at radius 3 is 3.05 bits per heavy atom. The Morgan fingerprint density at radius 1 is 1.62 bits per heavy atom. The van der Waals surface area contributed by atoms with Crippen molar-refractivity contribution in [3.8, 4) is 0 Å². The topological polar surface area (TPSA) is 56.1 Å². The maximum atomic E-state index is 12.4. The molecular weight excluding hydrogens is 286 g/mol. The summed E-state index contributed by atoms with van der Waals surface area (Å²) in [5.41, 5.74) is -0.505. The van der Waals surface area contributed by atoms with Crippen LogP contribution in [0.3, 0.4) is 0 Å². The number of carbonyl (C=O) groups is 1. The van der Waals surface area contributed by atoms with E-state index in [0.717, 1.165) is 37.4 Å². The molecule has 1 fully saturated rings. The average molecular weight is 311 g/mol. The fourth-order valence-electron chi connectivity index (χ4n) is 2.77. The predicted molar refractivity (Wildman–Crippen MR) is 84.4 cm³/mol. The van der Waals surface area contributed by atoms with E-state index in [1.165, 1.54) is 0 Å². The van der Waals surface area contributed by atoms with Gasteiger partial charge < -0.3 is 14.6 Å². The smallest absolute Gasteiger partial charge is 0.326 e. The van der Waals surface area contributed by atoms with Gasteiger partial charge in [0, 0.05) is 24.7 Å². The normalized spacial score (nSPS) is 25.2. The molecule has 2 rings (SSSR count). The third kappa shape index (κ3) is 3.80. The molecule has 1 aliphatic rings. The van der Waals surface area contributed by atoms with Gasteiger partial charge in [0.2, 0.25) is 0 Å². The lowest BCUT2D eigenvalue weighted by atomic mass is 9.97. The molecule has 0 radical (unpaired) electrons. The maximum absolute atomic E-state index is 12.4. The van der Waals surface area contributed by atoms with Crippen molar-refractivity contribution >= 4 is 17.7 Å². The van der Waals surface area contributed by atoms with E-state index in [-0.39, 0.29) is 5.97 Å². The Kier molecular flexibility index (Phi) is 5.70. The largest absolute Gasteiger partial charge is 0.465 e. The first-order valence-corrected chi connectivity index (χ1v) is 8.55. The summed E-state index contributed by atoms with van der Waals surface area (Å²) < 4.78 is 7.32. The zero-order valence-corrected chi connectivity index (χ0v) is 13.9. The second-order valence-electron chi connectivity index (χ2n) is 5.53. The highest BCUT2D eigenvalue weighted by atomic mass is 32.2. The Hall–Kier alpha value is -1.01. The highest BCUT2D eigenvalue weighted by molar-refractivity contribution is 7.99. The molecule has 1 N–H and O–H groups in total. The minimum Gasteiger partial charge on any atom is -0.465 e. The molecule has 1 saturated carbocycles. The van der Waals surface area contributed by atoms with E-state index < -0.39 is 5.54 Å². The number of carbonyl (C=O) groups excluding carboxylic acids is 1. The first kappa shape index (κ1) is 16.4. The third-order valence-corrected chi connectivity index (χ3v) is 5.24.